The summed E-state index contributed by atoms with van der Waals surface area (Å²) in [4.78, 5) is 4.42. The second-order valence-electron chi connectivity index (χ2n) is 9.83. The minimum Gasteiger partial charge on any atom is -0.385 e. The number of hydrogen-bond acceptors (Lipinski definition) is 4. The standard InChI is InChI=1S/C26H29F3N2O3/c1-13-8-10-30-24-15(13)9-11-31(24)25-21(32)26(3,33)22(34-25)14(2)18-12-19(23(28)29)20(27)17-7-5-4-6-16(17)18/h8-12,14,21-23,25,32-33H,4-7H2,1-3H3/t14-,21+,22-,25-,26+/m1/s1. The van der Waals surface area contributed by atoms with Gasteiger partial charge in [-0.05, 0) is 80.0 Å². The maximum atomic E-state index is 14.9. The number of halogens is 3. The fourth-order valence-electron chi connectivity index (χ4n) is 5.75. The molecule has 0 amide bonds. The molecule has 1 fully saturated rings. The Labute approximate surface area is 196 Å². The van der Waals surface area contributed by atoms with Gasteiger partial charge in [0.15, 0.2) is 6.23 Å². The fraction of sp³-hybridized carbons (Fsp3) is 0.500. The number of rotatable bonds is 4. The summed E-state index contributed by atoms with van der Waals surface area (Å²) in [6, 6.07) is 4.99. The SMILES string of the molecule is Cc1ccnc2c1ccn2[C@@H]1O[C@H]([C@H](C)c2cc(C(F)F)c(F)c3c2CCCC3)[C@@](C)(O)[C@H]1O. The zero-order valence-corrected chi connectivity index (χ0v) is 19.4. The summed E-state index contributed by atoms with van der Waals surface area (Å²) in [7, 11) is 0. The molecule has 0 spiro atoms. The van der Waals surface area contributed by atoms with Gasteiger partial charge in [0.05, 0.1) is 11.7 Å². The van der Waals surface area contributed by atoms with Crippen LogP contribution < -0.4 is 0 Å². The van der Waals surface area contributed by atoms with Gasteiger partial charge in [-0.3, -0.25) is 0 Å². The van der Waals surface area contributed by atoms with Crippen molar-refractivity contribution in [2.45, 2.75) is 82.8 Å². The smallest absolute Gasteiger partial charge is 0.266 e. The number of aromatic nitrogens is 2. The van der Waals surface area contributed by atoms with Crippen LogP contribution in [0.1, 0.15) is 73.1 Å². The summed E-state index contributed by atoms with van der Waals surface area (Å²) >= 11 is 0. The molecule has 3 aromatic rings. The van der Waals surface area contributed by atoms with Crippen molar-refractivity contribution in [3.8, 4) is 0 Å². The van der Waals surface area contributed by atoms with Crippen LogP contribution in [0.15, 0.2) is 30.6 Å². The molecule has 34 heavy (non-hydrogen) atoms. The molecule has 1 saturated heterocycles. The molecule has 0 bridgehead atoms. The van der Waals surface area contributed by atoms with Crippen molar-refractivity contribution in [1.29, 1.82) is 0 Å². The number of aryl methyl sites for hydroxylation is 1. The second-order valence-corrected chi connectivity index (χ2v) is 9.83. The number of fused-ring (bicyclic) bond motifs is 2. The normalized spacial score (nSPS) is 28.0. The van der Waals surface area contributed by atoms with Crippen LogP contribution in [0.5, 0.6) is 0 Å². The number of aliphatic hydroxyl groups excluding tert-OH is 1. The van der Waals surface area contributed by atoms with Crippen LogP contribution in [0.3, 0.4) is 0 Å². The highest BCUT2D eigenvalue weighted by Crippen LogP contribution is 2.46. The highest BCUT2D eigenvalue weighted by atomic mass is 19.3. The lowest BCUT2D eigenvalue weighted by molar-refractivity contribution is -0.0706. The average molecular weight is 475 g/mol. The highest BCUT2D eigenvalue weighted by molar-refractivity contribution is 5.79. The Balaban J connectivity index is 1.56. The molecular formula is C26H29F3N2O3. The zero-order valence-electron chi connectivity index (χ0n) is 19.4. The number of benzene rings is 1. The van der Waals surface area contributed by atoms with E-state index in [1.807, 2.05) is 19.1 Å². The predicted octanol–water partition coefficient (Wildman–Crippen LogP) is 5.11. The zero-order chi connectivity index (χ0) is 24.4. The summed E-state index contributed by atoms with van der Waals surface area (Å²) in [5, 5.41) is 23.4. The molecule has 5 atom stereocenters. The fourth-order valence-corrected chi connectivity index (χ4v) is 5.75. The van der Waals surface area contributed by atoms with E-state index in [-0.39, 0.29) is 0 Å². The van der Waals surface area contributed by atoms with Gasteiger partial charge in [0.1, 0.15) is 23.2 Å². The first-order valence-corrected chi connectivity index (χ1v) is 11.7. The maximum absolute atomic E-state index is 14.9. The van der Waals surface area contributed by atoms with Crippen molar-refractivity contribution in [3.05, 3.63) is 64.2 Å². The van der Waals surface area contributed by atoms with Crippen molar-refractivity contribution in [1.82, 2.24) is 9.55 Å². The van der Waals surface area contributed by atoms with E-state index >= 15 is 0 Å². The second kappa shape index (κ2) is 8.36. The van der Waals surface area contributed by atoms with E-state index in [2.05, 4.69) is 4.98 Å². The summed E-state index contributed by atoms with van der Waals surface area (Å²) < 4.78 is 50.2. The highest BCUT2D eigenvalue weighted by Gasteiger charge is 2.55. The Morgan fingerprint density at radius 3 is 2.59 bits per heavy atom. The van der Waals surface area contributed by atoms with E-state index in [0.717, 1.165) is 29.4 Å². The van der Waals surface area contributed by atoms with Gasteiger partial charge in [-0.15, -0.1) is 0 Å². The van der Waals surface area contributed by atoms with Crippen molar-refractivity contribution >= 4 is 11.0 Å². The third-order valence-corrected chi connectivity index (χ3v) is 7.66. The Morgan fingerprint density at radius 2 is 1.88 bits per heavy atom. The van der Waals surface area contributed by atoms with Gasteiger partial charge in [-0.2, -0.15) is 0 Å². The van der Waals surface area contributed by atoms with Gasteiger partial charge in [-0.25, -0.2) is 18.2 Å². The van der Waals surface area contributed by atoms with E-state index in [1.54, 1.807) is 23.9 Å². The van der Waals surface area contributed by atoms with E-state index in [4.69, 9.17) is 4.74 Å². The molecular weight excluding hydrogens is 445 g/mol. The molecule has 0 radical (unpaired) electrons. The number of pyridine rings is 1. The van der Waals surface area contributed by atoms with E-state index in [0.29, 0.717) is 29.6 Å². The predicted molar refractivity (Wildman–Crippen MR) is 121 cm³/mol. The van der Waals surface area contributed by atoms with Gasteiger partial charge in [0, 0.05) is 23.7 Å². The van der Waals surface area contributed by atoms with Gasteiger partial charge in [0.25, 0.3) is 6.43 Å². The molecule has 1 aliphatic heterocycles. The topological polar surface area (TPSA) is 67.5 Å². The van der Waals surface area contributed by atoms with Crippen LogP contribution in [-0.2, 0) is 17.6 Å². The average Bonchev–Trinajstić information content (AvgIpc) is 3.33. The molecule has 182 valence electrons. The lowest BCUT2D eigenvalue weighted by atomic mass is 9.77. The minimum absolute atomic E-state index is 0.344. The van der Waals surface area contributed by atoms with E-state index in [9.17, 15) is 23.4 Å². The molecule has 5 nitrogen and oxygen atoms in total. The summed E-state index contributed by atoms with van der Waals surface area (Å²) in [6.45, 7) is 5.23. The molecule has 2 N–H and O–H groups in total. The number of aliphatic hydroxyl groups is 2. The van der Waals surface area contributed by atoms with Crippen LogP contribution in [0.2, 0.25) is 0 Å². The molecule has 1 aliphatic carbocycles. The van der Waals surface area contributed by atoms with E-state index in [1.165, 1.54) is 13.0 Å². The Hall–Kier alpha value is -2.42. The van der Waals surface area contributed by atoms with Gasteiger partial charge in [0.2, 0.25) is 0 Å². The van der Waals surface area contributed by atoms with Crippen LogP contribution in [0.25, 0.3) is 11.0 Å². The molecule has 1 aromatic carbocycles. The molecule has 0 saturated carbocycles. The lowest BCUT2D eigenvalue weighted by Crippen LogP contribution is -2.46. The quantitative estimate of drug-likeness (QED) is 0.551. The number of nitrogens with zero attached hydrogens (tertiary/aromatic N) is 2. The molecule has 3 heterocycles. The number of ether oxygens (including phenoxy) is 1. The summed E-state index contributed by atoms with van der Waals surface area (Å²) in [5.41, 5.74) is 0.964. The van der Waals surface area contributed by atoms with Crippen LogP contribution in [0, 0.1) is 12.7 Å². The first-order valence-electron chi connectivity index (χ1n) is 11.7. The molecule has 2 aliphatic rings. The third-order valence-electron chi connectivity index (χ3n) is 7.66. The van der Waals surface area contributed by atoms with Crippen molar-refractivity contribution in [3.63, 3.8) is 0 Å². The maximum Gasteiger partial charge on any atom is 0.266 e. The number of hydrogen-bond donors (Lipinski definition) is 2. The largest absolute Gasteiger partial charge is 0.385 e. The van der Waals surface area contributed by atoms with Gasteiger partial charge < -0.3 is 19.5 Å². The van der Waals surface area contributed by atoms with Crippen LogP contribution in [-0.4, -0.2) is 37.6 Å². The van der Waals surface area contributed by atoms with Crippen molar-refractivity contribution in [2.24, 2.45) is 0 Å². The first-order chi connectivity index (χ1) is 16.1. The molecule has 8 heteroatoms. The third kappa shape index (κ3) is 3.46. The number of alkyl halides is 2. The van der Waals surface area contributed by atoms with E-state index < -0.39 is 47.8 Å². The van der Waals surface area contributed by atoms with Gasteiger partial charge in [-0.1, -0.05) is 6.92 Å². The van der Waals surface area contributed by atoms with Crippen LogP contribution in [0.4, 0.5) is 13.2 Å². The van der Waals surface area contributed by atoms with Crippen LogP contribution >= 0.6 is 0 Å². The summed E-state index contributed by atoms with van der Waals surface area (Å²) in [5.74, 6) is -1.38. The molecule has 0 unspecified atom stereocenters. The van der Waals surface area contributed by atoms with Crippen molar-refractivity contribution < 1.29 is 28.1 Å². The van der Waals surface area contributed by atoms with Gasteiger partial charge >= 0.3 is 0 Å². The first kappa shape index (κ1) is 23.3. The summed E-state index contributed by atoms with van der Waals surface area (Å²) in [6.07, 6.45) is -0.0380. The Bertz CT molecular complexity index is 1240. The minimum atomic E-state index is -2.94. The van der Waals surface area contributed by atoms with Crippen molar-refractivity contribution in [2.75, 3.05) is 0 Å². The Kier molecular flexibility index (Phi) is 5.73. The molecule has 5 rings (SSSR count). The Morgan fingerprint density at radius 1 is 1.18 bits per heavy atom. The monoisotopic (exact) mass is 474 g/mol. The lowest BCUT2D eigenvalue weighted by Gasteiger charge is -2.33. The molecule has 2 aromatic heterocycles.